The molecular formula is C17H28N6O6. The molecular weight excluding hydrogens is 384 g/mol. The first-order valence-electron chi connectivity index (χ1n) is 9.04. The Morgan fingerprint density at radius 3 is 2.14 bits per heavy atom. The van der Waals surface area contributed by atoms with Gasteiger partial charge in [0.1, 0.15) is 18.1 Å². The van der Waals surface area contributed by atoms with Gasteiger partial charge in [0.2, 0.25) is 17.7 Å². The number of aliphatic carboxylic acids is 1. The van der Waals surface area contributed by atoms with Crippen LogP contribution in [0.3, 0.4) is 0 Å². The molecule has 0 spiro atoms. The Morgan fingerprint density at radius 1 is 1.07 bits per heavy atom. The summed E-state index contributed by atoms with van der Waals surface area (Å²) in [5, 5.41) is 25.3. The van der Waals surface area contributed by atoms with E-state index in [1.165, 1.54) is 19.4 Å². The summed E-state index contributed by atoms with van der Waals surface area (Å²) in [4.78, 5) is 55.0. The number of imidazole rings is 1. The first-order valence-corrected chi connectivity index (χ1v) is 9.04. The maximum absolute atomic E-state index is 12.7. The third-order valence-electron chi connectivity index (χ3n) is 4.06. The predicted octanol–water partition coefficient (Wildman–Crippen LogP) is -2.51. The van der Waals surface area contributed by atoms with Crippen LogP contribution in [0, 0.1) is 5.92 Å². The van der Waals surface area contributed by atoms with E-state index in [0.717, 1.165) is 0 Å². The Bertz CT molecular complexity index is 705. The first-order chi connectivity index (χ1) is 13.6. The smallest absolute Gasteiger partial charge is 0.328 e. The molecule has 0 aliphatic rings. The van der Waals surface area contributed by atoms with Crippen LogP contribution in [-0.2, 0) is 25.6 Å². The zero-order valence-electron chi connectivity index (χ0n) is 16.5. The lowest BCUT2D eigenvalue weighted by atomic mass is 10.0. The monoisotopic (exact) mass is 412 g/mol. The van der Waals surface area contributed by atoms with E-state index < -0.39 is 54.5 Å². The molecule has 0 bridgehead atoms. The number of carbonyl (C=O) groups is 4. The fraction of sp³-hybridized carbons (Fsp3) is 0.588. The van der Waals surface area contributed by atoms with E-state index in [9.17, 15) is 19.2 Å². The zero-order valence-corrected chi connectivity index (χ0v) is 16.5. The average molecular weight is 412 g/mol. The second-order valence-electron chi connectivity index (χ2n) is 6.93. The second kappa shape index (κ2) is 11.1. The molecule has 0 aliphatic carbocycles. The van der Waals surface area contributed by atoms with Crippen molar-refractivity contribution in [1.82, 2.24) is 25.9 Å². The summed E-state index contributed by atoms with van der Waals surface area (Å²) in [6.07, 6.45) is 2.87. The number of aromatic nitrogens is 2. The van der Waals surface area contributed by atoms with Crippen LogP contribution in [0.25, 0.3) is 0 Å². The Morgan fingerprint density at radius 2 is 1.69 bits per heavy atom. The van der Waals surface area contributed by atoms with Crippen molar-refractivity contribution >= 4 is 23.7 Å². The van der Waals surface area contributed by atoms with Crippen LogP contribution >= 0.6 is 0 Å². The van der Waals surface area contributed by atoms with Crippen LogP contribution in [0.2, 0.25) is 0 Å². The molecule has 0 fully saturated rings. The minimum atomic E-state index is -1.53. The van der Waals surface area contributed by atoms with E-state index in [0.29, 0.717) is 5.69 Å². The minimum absolute atomic E-state index is 0.0368. The number of carbonyl (C=O) groups excluding carboxylic acids is 3. The van der Waals surface area contributed by atoms with Gasteiger partial charge >= 0.3 is 5.97 Å². The Kier molecular flexibility index (Phi) is 9.22. The molecule has 0 saturated carbocycles. The molecule has 12 nitrogen and oxygen atoms in total. The van der Waals surface area contributed by atoms with Gasteiger partial charge < -0.3 is 36.9 Å². The Balaban J connectivity index is 2.99. The molecule has 1 aromatic heterocycles. The Hall–Kier alpha value is -2.99. The Labute approximate surface area is 167 Å². The molecule has 3 amide bonds. The summed E-state index contributed by atoms with van der Waals surface area (Å²) in [5.74, 6) is -3.71. The summed E-state index contributed by atoms with van der Waals surface area (Å²) >= 11 is 0. The molecule has 1 heterocycles. The van der Waals surface area contributed by atoms with Gasteiger partial charge in [0, 0.05) is 12.6 Å². The molecule has 1 aromatic rings. The molecule has 4 atom stereocenters. The molecule has 29 heavy (non-hydrogen) atoms. The summed E-state index contributed by atoms with van der Waals surface area (Å²) in [5.41, 5.74) is 5.97. The molecule has 8 N–H and O–H groups in total. The molecule has 0 radical (unpaired) electrons. The van der Waals surface area contributed by atoms with Crippen molar-refractivity contribution in [2.75, 3.05) is 6.61 Å². The highest BCUT2D eigenvalue weighted by molar-refractivity contribution is 5.94. The van der Waals surface area contributed by atoms with Crippen LogP contribution in [-0.4, -0.2) is 74.6 Å². The summed E-state index contributed by atoms with van der Waals surface area (Å²) in [6.45, 7) is 4.07. The molecule has 0 saturated heterocycles. The van der Waals surface area contributed by atoms with Gasteiger partial charge in [-0.3, -0.25) is 14.4 Å². The third kappa shape index (κ3) is 7.50. The number of hydrogen-bond donors (Lipinski definition) is 7. The fourth-order valence-corrected chi connectivity index (χ4v) is 2.36. The lowest BCUT2D eigenvalue weighted by Gasteiger charge is -2.26. The van der Waals surface area contributed by atoms with Crippen LogP contribution in [0.15, 0.2) is 12.5 Å². The summed E-state index contributed by atoms with van der Waals surface area (Å²) < 4.78 is 0. The fourth-order valence-electron chi connectivity index (χ4n) is 2.36. The van der Waals surface area contributed by atoms with E-state index in [4.69, 9.17) is 15.9 Å². The molecule has 0 aromatic carbocycles. The number of nitrogens with zero attached hydrogens (tertiary/aromatic N) is 1. The highest BCUT2D eigenvalue weighted by Crippen LogP contribution is 2.06. The van der Waals surface area contributed by atoms with Gasteiger partial charge in [-0.25, -0.2) is 9.78 Å². The SMILES string of the molecule is CC(C)[C@H](NC(=O)[C@H](C)N)C(=O)N[C@@H](Cc1c[nH]cn1)C(=O)N[C@@H](CO)C(=O)O. The predicted molar refractivity (Wildman–Crippen MR) is 101 cm³/mol. The largest absolute Gasteiger partial charge is 0.480 e. The first kappa shape index (κ1) is 24.0. The van der Waals surface area contributed by atoms with Crippen molar-refractivity contribution in [2.45, 2.75) is 51.4 Å². The van der Waals surface area contributed by atoms with Gasteiger partial charge in [-0.1, -0.05) is 13.8 Å². The van der Waals surface area contributed by atoms with Crippen molar-refractivity contribution in [3.05, 3.63) is 18.2 Å². The number of aliphatic hydroxyl groups excluding tert-OH is 1. The van der Waals surface area contributed by atoms with Gasteiger partial charge in [0.25, 0.3) is 0 Å². The van der Waals surface area contributed by atoms with Gasteiger partial charge in [-0.05, 0) is 12.8 Å². The van der Waals surface area contributed by atoms with Gasteiger partial charge in [0.15, 0.2) is 0 Å². The molecule has 162 valence electrons. The number of nitrogens with one attached hydrogen (secondary N) is 4. The van der Waals surface area contributed by atoms with E-state index in [1.807, 2.05) is 0 Å². The lowest BCUT2D eigenvalue weighted by Crippen LogP contribution is -2.59. The van der Waals surface area contributed by atoms with E-state index in [-0.39, 0.29) is 12.3 Å². The minimum Gasteiger partial charge on any atom is -0.480 e. The van der Waals surface area contributed by atoms with Crippen LogP contribution in [0.4, 0.5) is 0 Å². The van der Waals surface area contributed by atoms with Gasteiger partial charge in [0.05, 0.1) is 24.7 Å². The number of nitrogens with two attached hydrogens (primary N) is 1. The third-order valence-corrected chi connectivity index (χ3v) is 4.06. The van der Waals surface area contributed by atoms with Crippen molar-refractivity contribution in [3.8, 4) is 0 Å². The second-order valence-corrected chi connectivity index (χ2v) is 6.93. The number of amides is 3. The molecule has 0 aliphatic heterocycles. The molecule has 12 heteroatoms. The normalized spacial score (nSPS) is 15.1. The maximum Gasteiger partial charge on any atom is 0.328 e. The van der Waals surface area contributed by atoms with Crippen molar-refractivity contribution in [3.63, 3.8) is 0 Å². The topological polar surface area (TPSA) is 200 Å². The van der Waals surface area contributed by atoms with Crippen molar-refractivity contribution in [2.24, 2.45) is 11.7 Å². The number of hydrogen-bond acceptors (Lipinski definition) is 7. The average Bonchev–Trinajstić information content (AvgIpc) is 3.15. The summed E-state index contributed by atoms with van der Waals surface area (Å²) in [6, 6.07) is -4.50. The highest BCUT2D eigenvalue weighted by Gasteiger charge is 2.31. The number of carboxylic acids is 1. The quantitative estimate of drug-likeness (QED) is 0.206. The van der Waals surface area contributed by atoms with E-state index in [2.05, 4.69) is 25.9 Å². The number of aliphatic hydroxyl groups is 1. The summed E-state index contributed by atoms with van der Waals surface area (Å²) in [7, 11) is 0. The molecule has 1 rings (SSSR count). The molecule has 0 unspecified atom stereocenters. The van der Waals surface area contributed by atoms with Crippen LogP contribution < -0.4 is 21.7 Å². The number of H-pyrrole nitrogens is 1. The van der Waals surface area contributed by atoms with Crippen molar-refractivity contribution in [1.29, 1.82) is 0 Å². The van der Waals surface area contributed by atoms with Crippen molar-refractivity contribution < 1.29 is 29.4 Å². The standard InChI is InChI=1S/C17H28N6O6/c1-8(2)13(23-14(25)9(3)18)16(27)21-11(4-10-5-19-7-20-10)15(26)22-12(6-24)17(28)29/h5,7-9,11-13,24H,4,6,18H2,1-3H3,(H,19,20)(H,21,27)(H,22,26)(H,23,25)(H,28,29)/t9-,11-,12-,13-/m0/s1. The number of aromatic amines is 1. The van der Waals surface area contributed by atoms with Gasteiger partial charge in [-0.15, -0.1) is 0 Å². The number of rotatable bonds is 11. The van der Waals surface area contributed by atoms with E-state index in [1.54, 1.807) is 13.8 Å². The van der Waals surface area contributed by atoms with E-state index >= 15 is 0 Å². The maximum atomic E-state index is 12.7. The lowest BCUT2D eigenvalue weighted by molar-refractivity contribution is -0.143. The van der Waals surface area contributed by atoms with Gasteiger partial charge in [-0.2, -0.15) is 0 Å². The zero-order chi connectivity index (χ0) is 22.1. The van der Waals surface area contributed by atoms with Crippen LogP contribution in [0.5, 0.6) is 0 Å². The highest BCUT2D eigenvalue weighted by atomic mass is 16.4. The van der Waals surface area contributed by atoms with Crippen LogP contribution in [0.1, 0.15) is 26.5 Å². The number of carboxylic acid groups (broad SMARTS) is 1.